The van der Waals surface area contributed by atoms with Crippen molar-refractivity contribution in [1.82, 2.24) is 10.1 Å². The zero-order chi connectivity index (χ0) is 13.3. The van der Waals surface area contributed by atoms with Crippen LogP contribution in [0.3, 0.4) is 0 Å². The molecule has 0 amide bonds. The van der Waals surface area contributed by atoms with Gasteiger partial charge in [0, 0.05) is 5.92 Å². The SMILES string of the molecule is CC(C)C1CCC(c2noc(C(C)(C)N)n2)CC1. The third-order valence-electron chi connectivity index (χ3n) is 4.07. The Labute approximate surface area is 109 Å². The van der Waals surface area contributed by atoms with Gasteiger partial charge < -0.3 is 10.3 Å². The van der Waals surface area contributed by atoms with Crippen LogP contribution in [0.1, 0.15) is 71.0 Å². The molecule has 0 unspecified atom stereocenters. The van der Waals surface area contributed by atoms with Gasteiger partial charge in [0.2, 0.25) is 5.89 Å². The zero-order valence-electron chi connectivity index (χ0n) is 11.9. The smallest absolute Gasteiger partial charge is 0.246 e. The minimum atomic E-state index is -0.541. The van der Waals surface area contributed by atoms with Crippen molar-refractivity contribution in [2.45, 2.75) is 64.8 Å². The molecular formula is C14H25N3O. The van der Waals surface area contributed by atoms with Gasteiger partial charge in [0.15, 0.2) is 5.82 Å². The molecule has 1 aromatic heterocycles. The Bertz CT molecular complexity index is 384. The fourth-order valence-corrected chi connectivity index (χ4v) is 2.71. The predicted molar refractivity (Wildman–Crippen MR) is 71.0 cm³/mol. The average Bonchev–Trinajstić information content (AvgIpc) is 2.78. The Morgan fingerprint density at radius 1 is 1.22 bits per heavy atom. The van der Waals surface area contributed by atoms with Crippen molar-refractivity contribution in [2.75, 3.05) is 0 Å². The van der Waals surface area contributed by atoms with E-state index in [9.17, 15) is 0 Å². The fourth-order valence-electron chi connectivity index (χ4n) is 2.71. The monoisotopic (exact) mass is 251 g/mol. The molecule has 0 aliphatic heterocycles. The minimum Gasteiger partial charge on any atom is -0.337 e. The van der Waals surface area contributed by atoms with E-state index in [1.165, 1.54) is 25.7 Å². The maximum atomic E-state index is 5.97. The van der Waals surface area contributed by atoms with E-state index in [0.717, 1.165) is 17.7 Å². The van der Waals surface area contributed by atoms with E-state index < -0.39 is 5.54 Å². The summed E-state index contributed by atoms with van der Waals surface area (Å²) in [6.07, 6.45) is 4.90. The molecule has 0 aromatic carbocycles. The number of hydrogen-bond acceptors (Lipinski definition) is 4. The summed E-state index contributed by atoms with van der Waals surface area (Å²) in [6.45, 7) is 8.41. The lowest BCUT2D eigenvalue weighted by molar-refractivity contribution is 0.250. The lowest BCUT2D eigenvalue weighted by atomic mass is 9.77. The van der Waals surface area contributed by atoms with Gasteiger partial charge in [0.1, 0.15) is 0 Å². The van der Waals surface area contributed by atoms with Gasteiger partial charge in [-0.05, 0) is 51.4 Å². The molecule has 1 aliphatic carbocycles. The van der Waals surface area contributed by atoms with Crippen LogP contribution in [0.25, 0.3) is 0 Å². The summed E-state index contributed by atoms with van der Waals surface area (Å²) in [4.78, 5) is 4.47. The van der Waals surface area contributed by atoms with Gasteiger partial charge in [-0.15, -0.1) is 0 Å². The van der Waals surface area contributed by atoms with Crippen LogP contribution in [-0.4, -0.2) is 10.1 Å². The standard InChI is InChI=1S/C14H25N3O/c1-9(2)10-5-7-11(8-6-10)12-16-13(18-17-12)14(3,4)15/h9-11H,5-8,15H2,1-4H3. The summed E-state index contributed by atoms with van der Waals surface area (Å²) in [5, 5.41) is 4.11. The van der Waals surface area contributed by atoms with Crippen LogP contribution < -0.4 is 5.73 Å². The van der Waals surface area contributed by atoms with Crippen molar-refractivity contribution in [2.24, 2.45) is 17.6 Å². The summed E-state index contributed by atoms with van der Waals surface area (Å²) < 4.78 is 5.27. The van der Waals surface area contributed by atoms with Crippen molar-refractivity contribution in [3.05, 3.63) is 11.7 Å². The van der Waals surface area contributed by atoms with Crippen molar-refractivity contribution in [3.63, 3.8) is 0 Å². The molecule has 18 heavy (non-hydrogen) atoms. The first kappa shape index (κ1) is 13.5. The molecule has 1 saturated carbocycles. The molecule has 2 N–H and O–H groups in total. The largest absolute Gasteiger partial charge is 0.337 e. The minimum absolute atomic E-state index is 0.458. The number of aromatic nitrogens is 2. The molecule has 1 fully saturated rings. The summed E-state index contributed by atoms with van der Waals surface area (Å²) >= 11 is 0. The summed E-state index contributed by atoms with van der Waals surface area (Å²) in [6, 6.07) is 0. The summed E-state index contributed by atoms with van der Waals surface area (Å²) in [7, 11) is 0. The Morgan fingerprint density at radius 2 is 1.83 bits per heavy atom. The van der Waals surface area contributed by atoms with Gasteiger partial charge in [-0.25, -0.2) is 0 Å². The fraction of sp³-hybridized carbons (Fsp3) is 0.857. The maximum Gasteiger partial charge on any atom is 0.246 e. The van der Waals surface area contributed by atoms with Gasteiger partial charge in [-0.3, -0.25) is 0 Å². The second-order valence-corrected chi connectivity index (χ2v) is 6.54. The van der Waals surface area contributed by atoms with Crippen molar-refractivity contribution >= 4 is 0 Å². The lowest BCUT2D eigenvalue weighted by Crippen LogP contribution is -2.29. The Kier molecular flexibility index (Phi) is 3.76. The molecule has 102 valence electrons. The van der Waals surface area contributed by atoms with Crippen LogP contribution in [0.4, 0.5) is 0 Å². The zero-order valence-corrected chi connectivity index (χ0v) is 11.9. The molecule has 0 spiro atoms. The van der Waals surface area contributed by atoms with Crippen molar-refractivity contribution < 1.29 is 4.52 Å². The van der Waals surface area contributed by atoms with Crippen molar-refractivity contribution in [1.29, 1.82) is 0 Å². The highest BCUT2D eigenvalue weighted by molar-refractivity contribution is 5.02. The number of nitrogens with two attached hydrogens (primary N) is 1. The lowest BCUT2D eigenvalue weighted by Gasteiger charge is -2.29. The van der Waals surface area contributed by atoms with Crippen LogP contribution in [-0.2, 0) is 5.54 Å². The first-order valence-electron chi connectivity index (χ1n) is 7.01. The second-order valence-electron chi connectivity index (χ2n) is 6.54. The number of rotatable bonds is 3. The molecule has 4 nitrogen and oxygen atoms in total. The molecule has 1 heterocycles. The van der Waals surface area contributed by atoms with Gasteiger partial charge in [-0.1, -0.05) is 19.0 Å². The third-order valence-corrected chi connectivity index (χ3v) is 4.07. The van der Waals surface area contributed by atoms with E-state index in [4.69, 9.17) is 10.3 Å². The maximum absolute atomic E-state index is 5.97. The van der Waals surface area contributed by atoms with Crippen LogP contribution in [0.5, 0.6) is 0 Å². The van der Waals surface area contributed by atoms with E-state index in [0.29, 0.717) is 11.8 Å². The summed E-state index contributed by atoms with van der Waals surface area (Å²) in [5.41, 5.74) is 5.42. The second kappa shape index (κ2) is 5.00. The van der Waals surface area contributed by atoms with E-state index in [1.54, 1.807) is 0 Å². The molecule has 2 rings (SSSR count). The van der Waals surface area contributed by atoms with Crippen molar-refractivity contribution in [3.8, 4) is 0 Å². The van der Waals surface area contributed by atoms with Crippen LogP contribution in [0.2, 0.25) is 0 Å². The van der Waals surface area contributed by atoms with Crippen LogP contribution in [0, 0.1) is 11.8 Å². The van der Waals surface area contributed by atoms with Gasteiger partial charge >= 0.3 is 0 Å². The number of nitrogens with zero attached hydrogens (tertiary/aromatic N) is 2. The third kappa shape index (κ3) is 2.91. The predicted octanol–water partition coefficient (Wildman–Crippen LogP) is 3.19. The molecule has 0 atom stereocenters. The average molecular weight is 251 g/mol. The normalized spacial score (nSPS) is 25.7. The molecule has 0 bridgehead atoms. The quantitative estimate of drug-likeness (QED) is 0.896. The summed E-state index contributed by atoms with van der Waals surface area (Å²) in [5.74, 6) is 3.50. The molecule has 0 radical (unpaired) electrons. The highest BCUT2D eigenvalue weighted by atomic mass is 16.5. The Hall–Kier alpha value is -0.900. The molecular weight excluding hydrogens is 226 g/mol. The molecule has 4 heteroatoms. The van der Waals surface area contributed by atoms with E-state index in [1.807, 2.05) is 13.8 Å². The highest BCUT2D eigenvalue weighted by Gasteiger charge is 2.29. The van der Waals surface area contributed by atoms with Crippen LogP contribution >= 0.6 is 0 Å². The van der Waals surface area contributed by atoms with E-state index in [-0.39, 0.29) is 0 Å². The van der Waals surface area contributed by atoms with Gasteiger partial charge in [-0.2, -0.15) is 4.98 Å². The molecule has 1 aromatic rings. The van der Waals surface area contributed by atoms with E-state index in [2.05, 4.69) is 24.0 Å². The van der Waals surface area contributed by atoms with E-state index >= 15 is 0 Å². The Morgan fingerprint density at radius 3 is 2.28 bits per heavy atom. The molecule has 1 aliphatic rings. The topological polar surface area (TPSA) is 64.9 Å². The van der Waals surface area contributed by atoms with Gasteiger partial charge in [0.05, 0.1) is 5.54 Å². The molecule has 0 saturated heterocycles. The highest BCUT2D eigenvalue weighted by Crippen LogP contribution is 2.37. The number of hydrogen-bond donors (Lipinski definition) is 1. The van der Waals surface area contributed by atoms with Gasteiger partial charge in [0.25, 0.3) is 0 Å². The first-order valence-corrected chi connectivity index (χ1v) is 7.01. The van der Waals surface area contributed by atoms with Crippen LogP contribution in [0.15, 0.2) is 4.52 Å². The first-order chi connectivity index (χ1) is 8.38. The Balaban J connectivity index is 2.00.